The number of likely N-dealkylation sites (N-methyl/N-ethyl adjacent to an activating group) is 1. The molecule has 0 aliphatic carbocycles. The Morgan fingerprint density at radius 2 is 2.06 bits per heavy atom. The van der Waals surface area contributed by atoms with Gasteiger partial charge in [0, 0.05) is 26.2 Å². The summed E-state index contributed by atoms with van der Waals surface area (Å²) in [4.78, 5) is 0. The van der Waals surface area contributed by atoms with Gasteiger partial charge in [-0.25, -0.2) is 0 Å². The molecule has 2 N–H and O–H groups in total. The molecule has 0 unspecified atom stereocenters. The summed E-state index contributed by atoms with van der Waals surface area (Å²) in [5, 5.41) is 0. The number of nitrogens with two attached hydrogens (primary N) is 1. The summed E-state index contributed by atoms with van der Waals surface area (Å²) >= 11 is 0. The number of hydrogen-bond donors (Lipinski definition) is 1. The SMILES string of the molecule is COc1cc(N2CCN(C)S2(=O)=O)ccc1N. The zero-order chi connectivity index (χ0) is 12.6. The molecule has 0 amide bonds. The summed E-state index contributed by atoms with van der Waals surface area (Å²) in [6.45, 7) is 0.918. The minimum atomic E-state index is -3.39. The molecule has 2 rings (SSSR count). The second-order valence-corrected chi connectivity index (χ2v) is 5.79. The zero-order valence-corrected chi connectivity index (χ0v) is 10.6. The van der Waals surface area contributed by atoms with Crippen molar-refractivity contribution in [3.8, 4) is 5.75 Å². The van der Waals surface area contributed by atoms with Crippen molar-refractivity contribution in [3.05, 3.63) is 18.2 Å². The molecule has 0 atom stereocenters. The molecule has 17 heavy (non-hydrogen) atoms. The third-order valence-electron chi connectivity index (χ3n) is 2.80. The van der Waals surface area contributed by atoms with Crippen molar-refractivity contribution in [3.63, 3.8) is 0 Å². The molecule has 94 valence electrons. The number of nitrogen functional groups attached to an aromatic ring is 1. The Balaban J connectivity index is 2.42. The van der Waals surface area contributed by atoms with Crippen LogP contribution in [0.4, 0.5) is 11.4 Å². The van der Waals surface area contributed by atoms with Gasteiger partial charge in [-0.3, -0.25) is 4.31 Å². The van der Waals surface area contributed by atoms with E-state index in [0.29, 0.717) is 30.2 Å². The second kappa shape index (κ2) is 4.08. The summed E-state index contributed by atoms with van der Waals surface area (Å²) < 4.78 is 31.7. The van der Waals surface area contributed by atoms with Crippen molar-refractivity contribution < 1.29 is 13.2 Å². The zero-order valence-electron chi connectivity index (χ0n) is 9.75. The van der Waals surface area contributed by atoms with Gasteiger partial charge in [-0.15, -0.1) is 0 Å². The van der Waals surface area contributed by atoms with Crippen LogP contribution in [0.1, 0.15) is 0 Å². The molecule has 0 bridgehead atoms. The summed E-state index contributed by atoms with van der Waals surface area (Å²) in [6, 6.07) is 4.95. The van der Waals surface area contributed by atoms with Crippen LogP contribution in [0.25, 0.3) is 0 Å². The molecule has 6 nitrogen and oxygen atoms in total. The predicted octanol–water partition coefficient (Wildman–Crippen LogP) is 0.274. The van der Waals surface area contributed by atoms with Gasteiger partial charge in [-0.05, 0) is 12.1 Å². The third-order valence-corrected chi connectivity index (χ3v) is 4.72. The maximum Gasteiger partial charge on any atom is 0.303 e. The van der Waals surface area contributed by atoms with Crippen molar-refractivity contribution in [1.82, 2.24) is 4.31 Å². The Labute approximate surface area is 101 Å². The smallest absolute Gasteiger partial charge is 0.303 e. The van der Waals surface area contributed by atoms with Crippen molar-refractivity contribution in [2.45, 2.75) is 0 Å². The normalized spacial score (nSPS) is 19.5. The van der Waals surface area contributed by atoms with Crippen molar-refractivity contribution >= 4 is 21.6 Å². The van der Waals surface area contributed by atoms with E-state index in [0.717, 1.165) is 0 Å². The fourth-order valence-corrected chi connectivity index (χ4v) is 3.09. The first kappa shape index (κ1) is 12.0. The standard InChI is InChI=1S/C10H15N3O3S/c1-12-5-6-13(17(12,14)15)8-3-4-9(11)10(7-8)16-2/h3-4,7H,5-6,11H2,1-2H3. The maximum atomic E-state index is 12.0. The van der Waals surface area contributed by atoms with Crippen LogP contribution in [0.15, 0.2) is 18.2 Å². The summed E-state index contributed by atoms with van der Waals surface area (Å²) in [6.07, 6.45) is 0. The van der Waals surface area contributed by atoms with E-state index in [1.807, 2.05) is 0 Å². The van der Waals surface area contributed by atoms with Gasteiger partial charge in [0.2, 0.25) is 0 Å². The van der Waals surface area contributed by atoms with Crippen LogP contribution in [-0.4, -0.2) is 40.0 Å². The highest BCUT2D eigenvalue weighted by Crippen LogP contribution is 2.30. The van der Waals surface area contributed by atoms with Crippen LogP contribution in [0, 0.1) is 0 Å². The molecule has 1 fully saturated rings. The number of methoxy groups -OCH3 is 1. The minimum absolute atomic E-state index is 0.436. The Morgan fingerprint density at radius 1 is 1.35 bits per heavy atom. The van der Waals surface area contributed by atoms with E-state index in [1.54, 1.807) is 25.2 Å². The van der Waals surface area contributed by atoms with Gasteiger partial charge in [0.1, 0.15) is 5.75 Å². The quantitative estimate of drug-likeness (QED) is 0.772. The Hall–Kier alpha value is -1.47. The van der Waals surface area contributed by atoms with E-state index in [-0.39, 0.29) is 0 Å². The van der Waals surface area contributed by atoms with Crippen LogP contribution >= 0.6 is 0 Å². The van der Waals surface area contributed by atoms with Crippen LogP contribution in [0.2, 0.25) is 0 Å². The summed E-state index contributed by atoms with van der Waals surface area (Å²) in [5.41, 5.74) is 6.75. The molecule has 1 aliphatic rings. The molecule has 1 saturated heterocycles. The van der Waals surface area contributed by atoms with E-state index in [9.17, 15) is 8.42 Å². The van der Waals surface area contributed by atoms with Crippen LogP contribution in [-0.2, 0) is 10.2 Å². The molecule has 7 heteroatoms. The van der Waals surface area contributed by atoms with E-state index in [4.69, 9.17) is 10.5 Å². The summed E-state index contributed by atoms with van der Waals surface area (Å²) in [5.74, 6) is 0.479. The van der Waals surface area contributed by atoms with Crippen molar-refractivity contribution in [2.24, 2.45) is 0 Å². The van der Waals surface area contributed by atoms with Gasteiger partial charge in [-0.2, -0.15) is 12.7 Å². The van der Waals surface area contributed by atoms with E-state index < -0.39 is 10.2 Å². The number of rotatable bonds is 2. The highest BCUT2D eigenvalue weighted by molar-refractivity contribution is 7.90. The first-order chi connectivity index (χ1) is 7.96. The van der Waals surface area contributed by atoms with Gasteiger partial charge < -0.3 is 10.5 Å². The first-order valence-corrected chi connectivity index (χ1v) is 6.54. The van der Waals surface area contributed by atoms with Gasteiger partial charge in [0.15, 0.2) is 0 Å². The summed E-state index contributed by atoms with van der Waals surface area (Å²) in [7, 11) is -0.327. The lowest BCUT2D eigenvalue weighted by atomic mass is 10.2. The van der Waals surface area contributed by atoms with Gasteiger partial charge in [0.25, 0.3) is 0 Å². The molecule has 0 saturated carbocycles. The number of benzene rings is 1. The van der Waals surface area contributed by atoms with Gasteiger partial charge >= 0.3 is 10.2 Å². The lowest BCUT2D eigenvalue weighted by Crippen LogP contribution is -2.30. The molecular weight excluding hydrogens is 242 g/mol. The molecule has 0 aromatic heterocycles. The topological polar surface area (TPSA) is 75.9 Å². The fraction of sp³-hybridized carbons (Fsp3) is 0.400. The Kier molecular flexibility index (Phi) is 2.88. The van der Waals surface area contributed by atoms with Crippen LogP contribution < -0.4 is 14.8 Å². The maximum absolute atomic E-state index is 12.0. The van der Waals surface area contributed by atoms with E-state index >= 15 is 0 Å². The lowest BCUT2D eigenvalue weighted by Gasteiger charge is -2.19. The highest BCUT2D eigenvalue weighted by Gasteiger charge is 2.34. The minimum Gasteiger partial charge on any atom is -0.495 e. The van der Waals surface area contributed by atoms with Gasteiger partial charge in [0.05, 0.1) is 18.5 Å². The second-order valence-electron chi connectivity index (χ2n) is 3.83. The number of hydrogen-bond acceptors (Lipinski definition) is 4. The Bertz CT molecular complexity index is 530. The molecule has 1 aliphatic heterocycles. The monoisotopic (exact) mass is 257 g/mol. The predicted molar refractivity (Wildman–Crippen MR) is 66.3 cm³/mol. The molecular formula is C10H15N3O3S. The average molecular weight is 257 g/mol. The van der Waals surface area contributed by atoms with Crippen molar-refractivity contribution in [1.29, 1.82) is 0 Å². The number of anilines is 2. The molecule has 1 heterocycles. The van der Waals surface area contributed by atoms with E-state index in [2.05, 4.69) is 0 Å². The van der Waals surface area contributed by atoms with Crippen LogP contribution in [0.3, 0.4) is 0 Å². The first-order valence-electron chi connectivity index (χ1n) is 5.14. The number of nitrogens with zero attached hydrogens (tertiary/aromatic N) is 2. The van der Waals surface area contributed by atoms with Gasteiger partial charge in [-0.1, -0.05) is 0 Å². The van der Waals surface area contributed by atoms with Crippen LogP contribution in [0.5, 0.6) is 5.75 Å². The fourth-order valence-electron chi connectivity index (χ4n) is 1.75. The highest BCUT2D eigenvalue weighted by atomic mass is 32.2. The molecule has 0 spiro atoms. The average Bonchev–Trinajstić information content (AvgIpc) is 2.55. The Morgan fingerprint density at radius 3 is 2.59 bits per heavy atom. The van der Waals surface area contributed by atoms with Crippen molar-refractivity contribution in [2.75, 3.05) is 37.3 Å². The lowest BCUT2D eigenvalue weighted by molar-refractivity contribution is 0.417. The van der Waals surface area contributed by atoms with E-state index in [1.165, 1.54) is 15.7 Å². The molecule has 1 aromatic carbocycles. The largest absolute Gasteiger partial charge is 0.495 e. The number of ether oxygens (including phenoxy) is 1. The third kappa shape index (κ3) is 1.91. The molecule has 1 aromatic rings. The molecule has 0 radical (unpaired) electrons.